The second-order valence-corrected chi connectivity index (χ2v) is 10.7. The Kier molecular flexibility index (Phi) is 6.70. The molecule has 4 heterocycles. The number of methoxy groups -OCH3 is 1. The van der Waals surface area contributed by atoms with Crippen molar-refractivity contribution in [2.45, 2.75) is 6.54 Å². The topological polar surface area (TPSA) is 109 Å². The van der Waals surface area contributed by atoms with Crippen molar-refractivity contribution < 1.29 is 19.1 Å². The molecule has 0 atom stereocenters. The van der Waals surface area contributed by atoms with E-state index < -0.39 is 6.03 Å². The van der Waals surface area contributed by atoms with Crippen LogP contribution in [0.15, 0.2) is 53.3 Å². The van der Waals surface area contributed by atoms with Crippen molar-refractivity contribution in [1.29, 1.82) is 0 Å². The zero-order chi connectivity index (χ0) is 26.2. The van der Waals surface area contributed by atoms with Crippen LogP contribution >= 0.6 is 27.3 Å². The number of amides is 3. The Hall–Kier alpha value is -3.58. The van der Waals surface area contributed by atoms with Gasteiger partial charge in [0.15, 0.2) is 5.82 Å². The summed E-state index contributed by atoms with van der Waals surface area (Å²) in [6, 6.07) is 12.6. The predicted octanol–water partition coefficient (Wildman–Crippen LogP) is 5.23. The molecule has 0 spiro atoms. The average molecular weight is 595 g/mol. The monoisotopic (exact) mass is 594 g/mol. The Bertz CT molecular complexity index is 1550. The number of anilines is 4. The molecule has 1 fully saturated rings. The van der Waals surface area contributed by atoms with Gasteiger partial charge in [0.2, 0.25) is 0 Å². The van der Waals surface area contributed by atoms with Crippen molar-refractivity contribution in [3.05, 3.63) is 63.7 Å². The fourth-order valence-corrected chi connectivity index (χ4v) is 6.00. The number of ether oxygens (including phenoxy) is 2. The maximum atomic E-state index is 13.4. The minimum Gasteiger partial charge on any atom is -0.496 e. The number of nitrogens with one attached hydrogen (secondary N) is 2. The van der Waals surface area contributed by atoms with E-state index in [9.17, 15) is 9.59 Å². The summed E-state index contributed by atoms with van der Waals surface area (Å²) in [6.07, 6.45) is 1.40. The lowest BCUT2D eigenvalue weighted by Gasteiger charge is -2.27. The highest BCUT2D eigenvalue weighted by molar-refractivity contribution is 9.10. The Morgan fingerprint density at radius 3 is 2.84 bits per heavy atom. The lowest BCUT2D eigenvalue weighted by Crippen LogP contribution is -2.35. The summed E-state index contributed by atoms with van der Waals surface area (Å²) in [6.45, 7) is 3.91. The SMILES string of the molecule is COc1cc(NC(=O)c2sc3ncnc4c3c2NC(=O)N4c2cccc(Br)c2)ccc1CN1CCOCC1. The number of halogens is 1. The van der Waals surface area contributed by atoms with Crippen LogP contribution in [0.2, 0.25) is 0 Å². The van der Waals surface area contributed by atoms with Gasteiger partial charge in [0.1, 0.15) is 21.8 Å². The molecule has 4 aromatic rings. The largest absolute Gasteiger partial charge is 0.496 e. The number of benzene rings is 2. The number of carbonyl (C=O) groups is 2. The van der Waals surface area contributed by atoms with Crippen LogP contribution in [0, 0.1) is 0 Å². The quantitative estimate of drug-likeness (QED) is 0.314. The Labute approximate surface area is 230 Å². The molecule has 194 valence electrons. The van der Waals surface area contributed by atoms with Crippen molar-refractivity contribution in [2.24, 2.45) is 0 Å². The van der Waals surface area contributed by atoms with Crippen LogP contribution in [-0.2, 0) is 11.3 Å². The third-order valence-electron chi connectivity index (χ3n) is 6.43. The van der Waals surface area contributed by atoms with Gasteiger partial charge in [0.25, 0.3) is 5.91 Å². The minimum absolute atomic E-state index is 0.348. The van der Waals surface area contributed by atoms with Crippen LogP contribution in [0.4, 0.5) is 27.7 Å². The summed E-state index contributed by atoms with van der Waals surface area (Å²) >= 11 is 4.66. The fourth-order valence-electron chi connectivity index (χ4n) is 4.62. The highest BCUT2D eigenvalue weighted by Gasteiger charge is 2.34. The third-order valence-corrected chi connectivity index (χ3v) is 8.02. The molecule has 2 aromatic heterocycles. The highest BCUT2D eigenvalue weighted by Crippen LogP contribution is 2.45. The van der Waals surface area contributed by atoms with Gasteiger partial charge < -0.3 is 20.1 Å². The van der Waals surface area contributed by atoms with Crippen molar-refractivity contribution in [3.8, 4) is 5.75 Å². The normalized spacial score (nSPS) is 15.4. The van der Waals surface area contributed by atoms with Crippen LogP contribution in [0.25, 0.3) is 10.2 Å². The first kappa shape index (κ1) is 24.7. The van der Waals surface area contributed by atoms with Crippen molar-refractivity contribution in [2.75, 3.05) is 48.9 Å². The number of thiophene rings is 1. The van der Waals surface area contributed by atoms with E-state index in [-0.39, 0.29) is 5.91 Å². The molecular formula is C26H23BrN6O4S. The van der Waals surface area contributed by atoms with Gasteiger partial charge >= 0.3 is 6.03 Å². The van der Waals surface area contributed by atoms with E-state index in [4.69, 9.17) is 9.47 Å². The average Bonchev–Trinajstić information content (AvgIpc) is 3.29. The Morgan fingerprint density at radius 2 is 2.05 bits per heavy atom. The Morgan fingerprint density at radius 1 is 1.21 bits per heavy atom. The molecule has 38 heavy (non-hydrogen) atoms. The summed E-state index contributed by atoms with van der Waals surface area (Å²) in [5.41, 5.74) is 2.67. The molecule has 2 aliphatic rings. The third kappa shape index (κ3) is 4.60. The molecule has 2 aliphatic heterocycles. The van der Waals surface area contributed by atoms with Crippen LogP contribution in [0.3, 0.4) is 0 Å². The maximum Gasteiger partial charge on any atom is 0.332 e. The van der Waals surface area contributed by atoms with E-state index >= 15 is 0 Å². The van der Waals surface area contributed by atoms with E-state index in [2.05, 4.69) is 41.4 Å². The highest BCUT2D eigenvalue weighted by atomic mass is 79.9. The summed E-state index contributed by atoms with van der Waals surface area (Å²) in [4.78, 5) is 40.1. The molecule has 6 rings (SSSR count). The number of aromatic nitrogens is 2. The number of hydrogen-bond donors (Lipinski definition) is 2. The standard InChI is InChI=1S/C26H23BrN6O4S/c1-36-19-12-17(6-5-15(19)13-32-7-9-37-10-8-32)30-24(34)22-21-20-23(28-14-29-25(20)38-22)33(26(35)31-21)18-4-2-3-16(27)11-18/h2-6,11-12,14H,7-10,13H2,1H3,(H,30,34)(H,31,35). The van der Waals surface area contributed by atoms with Gasteiger partial charge in [-0.25, -0.2) is 19.7 Å². The molecular weight excluding hydrogens is 572 g/mol. The van der Waals surface area contributed by atoms with Gasteiger partial charge in [0, 0.05) is 41.4 Å². The van der Waals surface area contributed by atoms with Gasteiger partial charge in [-0.1, -0.05) is 28.1 Å². The van der Waals surface area contributed by atoms with E-state index in [0.29, 0.717) is 43.7 Å². The number of carbonyl (C=O) groups excluding carboxylic acids is 2. The summed E-state index contributed by atoms with van der Waals surface area (Å²) in [5.74, 6) is 0.766. The molecule has 10 nitrogen and oxygen atoms in total. The number of rotatable bonds is 6. The zero-order valence-corrected chi connectivity index (χ0v) is 22.8. The van der Waals surface area contributed by atoms with Crippen LogP contribution in [-0.4, -0.2) is 60.2 Å². The van der Waals surface area contributed by atoms with Gasteiger partial charge in [-0.2, -0.15) is 0 Å². The predicted molar refractivity (Wildman–Crippen MR) is 150 cm³/mol. The Balaban J connectivity index is 1.29. The zero-order valence-electron chi connectivity index (χ0n) is 20.4. The van der Waals surface area contributed by atoms with E-state index in [1.54, 1.807) is 7.11 Å². The first-order chi connectivity index (χ1) is 18.5. The lowest BCUT2D eigenvalue weighted by atomic mass is 10.1. The molecule has 0 aliphatic carbocycles. The molecule has 0 saturated carbocycles. The summed E-state index contributed by atoms with van der Waals surface area (Å²) in [5, 5.41) is 6.46. The second-order valence-electron chi connectivity index (χ2n) is 8.80. The van der Waals surface area contributed by atoms with Gasteiger partial charge in [-0.05, 0) is 24.3 Å². The van der Waals surface area contributed by atoms with Gasteiger partial charge in [-0.3, -0.25) is 9.69 Å². The van der Waals surface area contributed by atoms with Crippen LogP contribution in [0.1, 0.15) is 15.2 Å². The number of urea groups is 1. The van der Waals surface area contributed by atoms with Gasteiger partial charge in [0.05, 0.1) is 37.1 Å². The summed E-state index contributed by atoms with van der Waals surface area (Å²) in [7, 11) is 1.62. The summed E-state index contributed by atoms with van der Waals surface area (Å²) < 4.78 is 11.9. The molecule has 2 N–H and O–H groups in total. The lowest BCUT2D eigenvalue weighted by molar-refractivity contribution is 0.0339. The molecule has 3 amide bonds. The van der Waals surface area contributed by atoms with Crippen molar-refractivity contribution in [1.82, 2.24) is 14.9 Å². The number of morpholine rings is 1. The van der Waals surface area contributed by atoms with Crippen molar-refractivity contribution in [3.63, 3.8) is 0 Å². The fraction of sp³-hybridized carbons (Fsp3) is 0.231. The molecule has 2 aromatic carbocycles. The maximum absolute atomic E-state index is 13.4. The van der Waals surface area contributed by atoms with Crippen LogP contribution < -0.4 is 20.3 Å². The number of hydrogen-bond acceptors (Lipinski definition) is 8. The second kappa shape index (κ2) is 10.3. The van der Waals surface area contributed by atoms with E-state index in [0.717, 1.165) is 42.9 Å². The van der Waals surface area contributed by atoms with Crippen molar-refractivity contribution >= 4 is 72.3 Å². The molecule has 0 bridgehead atoms. The molecule has 12 heteroatoms. The molecule has 0 radical (unpaired) electrons. The smallest absolute Gasteiger partial charge is 0.332 e. The minimum atomic E-state index is -0.405. The first-order valence-electron chi connectivity index (χ1n) is 11.9. The van der Waals surface area contributed by atoms with Crippen LogP contribution in [0.5, 0.6) is 5.75 Å². The van der Waals surface area contributed by atoms with E-state index in [1.165, 1.54) is 22.6 Å². The first-order valence-corrected chi connectivity index (χ1v) is 13.6. The number of nitrogens with zero attached hydrogens (tertiary/aromatic N) is 4. The molecule has 1 saturated heterocycles. The molecule has 0 unspecified atom stereocenters. The van der Waals surface area contributed by atoms with Gasteiger partial charge in [-0.15, -0.1) is 11.3 Å². The van der Waals surface area contributed by atoms with E-state index in [1.807, 2.05) is 42.5 Å².